The van der Waals surface area contributed by atoms with E-state index in [1.54, 1.807) is 18.2 Å². The Bertz CT molecular complexity index is 605. The summed E-state index contributed by atoms with van der Waals surface area (Å²) in [6, 6.07) is 14.9. The molecule has 0 saturated heterocycles. The Morgan fingerprint density at radius 2 is 2.00 bits per heavy atom. The number of nitrogens with two attached hydrogens (primary N) is 1. The number of anilines is 1. The van der Waals surface area contributed by atoms with Crippen molar-refractivity contribution in [3.63, 3.8) is 0 Å². The zero-order valence-corrected chi connectivity index (χ0v) is 11.1. The molecule has 0 spiro atoms. The van der Waals surface area contributed by atoms with Crippen LogP contribution in [-0.2, 0) is 6.61 Å². The molecular formula is C14H11BrN2O. The lowest BCUT2D eigenvalue weighted by atomic mass is 10.2. The standard InChI is InChI=1S/C14H11BrN2O/c15-12-4-2-1-3-11(12)9-18-14-6-5-10(8-16)7-13(14)17/h1-7H,9,17H2. The van der Waals surface area contributed by atoms with Gasteiger partial charge in [0.2, 0.25) is 0 Å². The van der Waals surface area contributed by atoms with Crippen molar-refractivity contribution in [2.24, 2.45) is 0 Å². The van der Waals surface area contributed by atoms with Gasteiger partial charge in [-0.15, -0.1) is 0 Å². The smallest absolute Gasteiger partial charge is 0.142 e. The van der Waals surface area contributed by atoms with Gasteiger partial charge in [-0.2, -0.15) is 5.26 Å². The third-order valence-electron chi connectivity index (χ3n) is 2.48. The summed E-state index contributed by atoms with van der Waals surface area (Å²) < 4.78 is 6.64. The molecule has 0 aromatic heterocycles. The second-order valence-corrected chi connectivity index (χ2v) is 4.60. The first-order valence-electron chi connectivity index (χ1n) is 5.36. The molecule has 0 radical (unpaired) electrons. The molecule has 4 heteroatoms. The molecule has 0 amide bonds. The molecular weight excluding hydrogens is 292 g/mol. The van der Waals surface area contributed by atoms with E-state index < -0.39 is 0 Å². The summed E-state index contributed by atoms with van der Waals surface area (Å²) in [7, 11) is 0. The Hall–Kier alpha value is -1.99. The van der Waals surface area contributed by atoms with E-state index in [9.17, 15) is 0 Å². The second kappa shape index (κ2) is 5.56. The third kappa shape index (κ3) is 2.82. The number of halogens is 1. The number of rotatable bonds is 3. The van der Waals surface area contributed by atoms with Crippen molar-refractivity contribution < 1.29 is 4.74 Å². The number of hydrogen-bond donors (Lipinski definition) is 1. The van der Waals surface area contributed by atoms with Crippen molar-refractivity contribution in [3.05, 3.63) is 58.1 Å². The SMILES string of the molecule is N#Cc1ccc(OCc2ccccc2Br)c(N)c1. The van der Waals surface area contributed by atoms with Gasteiger partial charge in [0.1, 0.15) is 12.4 Å². The fourth-order valence-electron chi connectivity index (χ4n) is 1.52. The summed E-state index contributed by atoms with van der Waals surface area (Å²) in [5.41, 5.74) is 7.86. The summed E-state index contributed by atoms with van der Waals surface area (Å²) in [5, 5.41) is 8.74. The maximum Gasteiger partial charge on any atom is 0.142 e. The average Bonchev–Trinajstić information content (AvgIpc) is 2.39. The van der Waals surface area contributed by atoms with Crippen LogP contribution in [-0.4, -0.2) is 0 Å². The lowest BCUT2D eigenvalue weighted by Gasteiger charge is -2.10. The Labute approximate surface area is 114 Å². The Kier molecular flexibility index (Phi) is 3.85. The number of nitriles is 1. The Morgan fingerprint density at radius 3 is 2.67 bits per heavy atom. The minimum absolute atomic E-state index is 0.428. The minimum atomic E-state index is 0.428. The zero-order valence-electron chi connectivity index (χ0n) is 9.56. The summed E-state index contributed by atoms with van der Waals surface area (Å²) in [4.78, 5) is 0. The molecule has 0 bridgehead atoms. The van der Waals surface area contributed by atoms with E-state index in [0.29, 0.717) is 23.6 Å². The first-order chi connectivity index (χ1) is 8.70. The zero-order chi connectivity index (χ0) is 13.0. The highest BCUT2D eigenvalue weighted by Crippen LogP contribution is 2.24. The summed E-state index contributed by atoms with van der Waals surface area (Å²) >= 11 is 3.46. The molecule has 0 aliphatic heterocycles. The molecule has 90 valence electrons. The normalized spacial score (nSPS) is 9.78. The molecule has 0 aliphatic carbocycles. The van der Waals surface area contributed by atoms with Crippen molar-refractivity contribution in [2.75, 3.05) is 5.73 Å². The Morgan fingerprint density at radius 1 is 1.22 bits per heavy atom. The highest BCUT2D eigenvalue weighted by Gasteiger charge is 2.04. The van der Waals surface area contributed by atoms with E-state index in [1.165, 1.54) is 0 Å². The number of benzene rings is 2. The van der Waals surface area contributed by atoms with E-state index in [4.69, 9.17) is 15.7 Å². The van der Waals surface area contributed by atoms with E-state index in [2.05, 4.69) is 15.9 Å². The summed E-state index contributed by atoms with van der Waals surface area (Å²) in [6.07, 6.45) is 0. The predicted molar refractivity (Wildman–Crippen MR) is 74.0 cm³/mol. The Balaban J connectivity index is 2.12. The van der Waals surface area contributed by atoms with Gasteiger partial charge in [0.15, 0.2) is 0 Å². The van der Waals surface area contributed by atoms with Crippen LogP contribution in [0.1, 0.15) is 11.1 Å². The first-order valence-corrected chi connectivity index (χ1v) is 6.16. The first kappa shape index (κ1) is 12.5. The lowest BCUT2D eigenvalue weighted by molar-refractivity contribution is 0.307. The van der Waals surface area contributed by atoms with Crippen LogP contribution in [0.3, 0.4) is 0 Å². The van der Waals surface area contributed by atoms with Crippen LogP contribution in [0, 0.1) is 11.3 Å². The topological polar surface area (TPSA) is 59.0 Å². The molecule has 2 aromatic rings. The van der Waals surface area contributed by atoms with Crippen LogP contribution in [0.15, 0.2) is 46.9 Å². The quantitative estimate of drug-likeness (QED) is 0.883. The molecule has 0 unspecified atom stereocenters. The number of nitrogen functional groups attached to an aromatic ring is 1. The highest BCUT2D eigenvalue weighted by molar-refractivity contribution is 9.10. The van der Waals surface area contributed by atoms with Crippen LogP contribution in [0.4, 0.5) is 5.69 Å². The van der Waals surface area contributed by atoms with Gasteiger partial charge in [-0.3, -0.25) is 0 Å². The predicted octanol–water partition coefficient (Wildman–Crippen LogP) is 3.48. The van der Waals surface area contributed by atoms with Gasteiger partial charge < -0.3 is 10.5 Å². The molecule has 0 heterocycles. The minimum Gasteiger partial charge on any atom is -0.487 e. The van der Waals surface area contributed by atoms with Crippen LogP contribution in [0.5, 0.6) is 5.75 Å². The van der Waals surface area contributed by atoms with Crippen molar-refractivity contribution in [1.29, 1.82) is 5.26 Å². The van der Waals surface area contributed by atoms with E-state index >= 15 is 0 Å². The monoisotopic (exact) mass is 302 g/mol. The molecule has 0 aliphatic rings. The van der Waals surface area contributed by atoms with E-state index in [1.807, 2.05) is 30.3 Å². The van der Waals surface area contributed by atoms with Gasteiger partial charge in [-0.05, 0) is 24.3 Å². The van der Waals surface area contributed by atoms with Crippen LogP contribution >= 0.6 is 15.9 Å². The van der Waals surface area contributed by atoms with Crippen molar-refractivity contribution in [1.82, 2.24) is 0 Å². The van der Waals surface area contributed by atoms with Crippen molar-refractivity contribution in [3.8, 4) is 11.8 Å². The van der Waals surface area contributed by atoms with Gasteiger partial charge in [0.05, 0.1) is 17.3 Å². The van der Waals surface area contributed by atoms with Gasteiger partial charge in [-0.25, -0.2) is 0 Å². The van der Waals surface area contributed by atoms with E-state index in [0.717, 1.165) is 10.0 Å². The molecule has 2 rings (SSSR count). The van der Waals surface area contributed by atoms with Gasteiger partial charge in [0.25, 0.3) is 0 Å². The van der Waals surface area contributed by atoms with Crippen molar-refractivity contribution in [2.45, 2.75) is 6.61 Å². The molecule has 2 aromatic carbocycles. The van der Waals surface area contributed by atoms with Gasteiger partial charge in [-0.1, -0.05) is 34.1 Å². The number of hydrogen-bond acceptors (Lipinski definition) is 3. The van der Waals surface area contributed by atoms with Gasteiger partial charge in [0, 0.05) is 10.0 Å². The van der Waals surface area contributed by atoms with E-state index in [-0.39, 0.29) is 0 Å². The van der Waals surface area contributed by atoms with Crippen LogP contribution in [0.25, 0.3) is 0 Å². The van der Waals surface area contributed by atoms with Crippen LogP contribution in [0.2, 0.25) is 0 Å². The van der Waals surface area contributed by atoms with Crippen LogP contribution < -0.4 is 10.5 Å². The molecule has 2 N–H and O–H groups in total. The molecule has 0 saturated carbocycles. The summed E-state index contributed by atoms with van der Waals surface area (Å²) in [5.74, 6) is 0.588. The molecule has 0 atom stereocenters. The van der Waals surface area contributed by atoms with Crippen molar-refractivity contribution >= 4 is 21.6 Å². The highest BCUT2D eigenvalue weighted by atomic mass is 79.9. The average molecular weight is 303 g/mol. The largest absolute Gasteiger partial charge is 0.487 e. The second-order valence-electron chi connectivity index (χ2n) is 3.74. The fraction of sp³-hybridized carbons (Fsp3) is 0.0714. The maximum atomic E-state index is 8.74. The molecule has 18 heavy (non-hydrogen) atoms. The number of nitrogens with zero attached hydrogens (tertiary/aromatic N) is 1. The van der Waals surface area contributed by atoms with Gasteiger partial charge >= 0.3 is 0 Å². The molecule has 0 fully saturated rings. The third-order valence-corrected chi connectivity index (χ3v) is 3.25. The lowest BCUT2D eigenvalue weighted by Crippen LogP contribution is -1.99. The maximum absolute atomic E-state index is 8.74. The fourth-order valence-corrected chi connectivity index (χ4v) is 1.92. The molecule has 3 nitrogen and oxygen atoms in total. The summed E-state index contributed by atoms with van der Waals surface area (Å²) in [6.45, 7) is 0.428. The number of ether oxygens (including phenoxy) is 1.